The van der Waals surface area contributed by atoms with Crippen molar-refractivity contribution in [3.8, 4) is 6.07 Å². The third-order valence-corrected chi connectivity index (χ3v) is 3.18. The molecule has 0 aliphatic carbocycles. The zero-order valence-electron chi connectivity index (χ0n) is 10.2. The normalized spacial score (nSPS) is 19.3. The van der Waals surface area contributed by atoms with E-state index in [1.165, 1.54) is 0 Å². The Morgan fingerprint density at radius 3 is 3.17 bits per heavy atom. The molecule has 94 valence electrons. The van der Waals surface area contributed by atoms with Crippen molar-refractivity contribution in [1.29, 1.82) is 5.26 Å². The molecule has 1 amide bonds. The molecule has 1 atom stereocenters. The van der Waals surface area contributed by atoms with Crippen LogP contribution in [0.15, 0.2) is 18.2 Å². The largest absolute Gasteiger partial charge is 0.370 e. The second kappa shape index (κ2) is 5.50. The minimum absolute atomic E-state index is 0.249. The lowest BCUT2D eigenvalue weighted by Crippen LogP contribution is -2.37. The number of carbonyl (C=O) groups is 1. The molecule has 0 spiro atoms. The number of nitrogens with zero attached hydrogens (tertiary/aromatic N) is 3. The highest BCUT2D eigenvalue weighted by molar-refractivity contribution is 5.74. The van der Waals surface area contributed by atoms with Gasteiger partial charge in [-0.05, 0) is 30.9 Å². The Bertz CT molecular complexity index is 480. The van der Waals surface area contributed by atoms with Crippen LogP contribution >= 0.6 is 0 Å². The molecule has 5 heteroatoms. The Labute approximate surface area is 106 Å². The first-order valence-corrected chi connectivity index (χ1v) is 6.09. The zero-order chi connectivity index (χ0) is 13.0. The summed E-state index contributed by atoms with van der Waals surface area (Å²) in [6, 6.07) is 7.46. The summed E-state index contributed by atoms with van der Waals surface area (Å²) < 4.78 is 0. The Balaban J connectivity index is 2.08. The van der Waals surface area contributed by atoms with E-state index < -0.39 is 0 Å². The topological polar surface area (TPSA) is 83.0 Å². The number of carbonyl (C=O) groups excluding carboxylic acids is 1. The number of pyridine rings is 1. The van der Waals surface area contributed by atoms with E-state index in [9.17, 15) is 4.79 Å². The van der Waals surface area contributed by atoms with Crippen LogP contribution in [0.5, 0.6) is 0 Å². The van der Waals surface area contributed by atoms with Gasteiger partial charge in [-0.3, -0.25) is 4.79 Å². The number of hydrogen-bond acceptors (Lipinski definition) is 4. The Hall–Kier alpha value is -2.09. The number of nitriles is 1. The van der Waals surface area contributed by atoms with Gasteiger partial charge >= 0.3 is 0 Å². The first kappa shape index (κ1) is 12.4. The third kappa shape index (κ3) is 2.98. The second-order valence-corrected chi connectivity index (χ2v) is 4.62. The van der Waals surface area contributed by atoms with E-state index >= 15 is 0 Å². The van der Waals surface area contributed by atoms with Crippen LogP contribution in [0.3, 0.4) is 0 Å². The molecule has 5 nitrogen and oxygen atoms in total. The molecule has 0 aromatic carbocycles. The molecule has 1 unspecified atom stereocenters. The molecule has 18 heavy (non-hydrogen) atoms. The van der Waals surface area contributed by atoms with Gasteiger partial charge in [0.25, 0.3) is 0 Å². The van der Waals surface area contributed by atoms with Gasteiger partial charge in [0.2, 0.25) is 5.91 Å². The van der Waals surface area contributed by atoms with Crippen LogP contribution in [0.1, 0.15) is 25.0 Å². The minimum Gasteiger partial charge on any atom is -0.370 e. The first-order chi connectivity index (χ1) is 8.69. The Morgan fingerprint density at radius 1 is 1.61 bits per heavy atom. The maximum Gasteiger partial charge on any atom is 0.217 e. The van der Waals surface area contributed by atoms with Crippen molar-refractivity contribution >= 4 is 11.7 Å². The standard InChI is InChI=1S/C13H16N4O/c14-8-11-4-1-5-13(16-11)17-6-2-3-10(9-17)7-12(15)18/h1,4-5,10H,2-3,6-7,9H2,(H2,15,18). The van der Waals surface area contributed by atoms with Crippen LogP contribution in [0.4, 0.5) is 5.82 Å². The van der Waals surface area contributed by atoms with Crippen molar-refractivity contribution in [2.45, 2.75) is 19.3 Å². The fraction of sp³-hybridized carbons (Fsp3) is 0.462. The van der Waals surface area contributed by atoms with Gasteiger partial charge in [0.15, 0.2) is 0 Å². The smallest absolute Gasteiger partial charge is 0.217 e. The van der Waals surface area contributed by atoms with Crippen molar-refractivity contribution in [2.75, 3.05) is 18.0 Å². The molecule has 1 aliphatic rings. The third-order valence-electron chi connectivity index (χ3n) is 3.18. The summed E-state index contributed by atoms with van der Waals surface area (Å²) in [6.45, 7) is 1.70. The second-order valence-electron chi connectivity index (χ2n) is 4.62. The maximum absolute atomic E-state index is 11.0. The van der Waals surface area contributed by atoms with Crippen molar-refractivity contribution < 1.29 is 4.79 Å². The quantitative estimate of drug-likeness (QED) is 0.861. The number of amides is 1. The van der Waals surface area contributed by atoms with Gasteiger partial charge < -0.3 is 10.6 Å². The highest BCUT2D eigenvalue weighted by Crippen LogP contribution is 2.23. The van der Waals surface area contributed by atoms with Gasteiger partial charge in [-0.2, -0.15) is 5.26 Å². The van der Waals surface area contributed by atoms with E-state index in [1.807, 2.05) is 18.2 Å². The molecule has 1 aliphatic heterocycles. The predicted molar refractivity (Wildman–Crippen MR) is 67.7 cm³/mol. The zero-order valence-corrected chi connectivity index (χ0v) is 10.2. The van der Waals surface area contributed by atoms with Crippen molar-refractivity contribution in [3.05, 3.63) is 23.9 Å². The number of hydrogen-bond donors (Lipinski definition) is 1. The van der Waals surface area contributed by atoms with E-state index in [-0.39, 0.29) is 5.91 Å². The Morgan fingerprint density at radius 2 is 2.44 bits per heavy atom. The number of piperidine rings is 1. The van der Waals surface area contributed by atoms with Crippen LogP contribution in [0.2, 0.25) is 0 Å². The molecule has 0 bridgehead atoms. The van der Waals surface area contributed by atoms with Gasteiger partial charge in [-0.25, -0.2) is 4.98 Å². The summed E-state index contributed by atoms with van der Waals surface area (Å²) in [7, 11) is 0. The lowest BCUT2D eigenvalue weighted by molar-refractivity contribution is -0.118. The van der Waals surface area contributed by atoms with E-state index in [1.54, 1.807) is 6.07 Å². The Kier molecular flexibility index (Phi) is 3.78. The van der Waals surface area contributed by atoms with Crippen LogP contribution in [0.25, 0.3) is 0 Å². The fourth-order valence-corrected chi connectivity index (χ4v) is 2.39. The SMILES string of the molecule is N#Cc1cccc(N2CCCC(CC(N)=O)C2)n1. The summed E-state index contributed by atoms with van der Waals surface area (Å²) in [5.41, 5.74) is 5.66. The van der Waals surface area contributed by atoms with Crippen molar-refractivity contribution in [1.82, 2.24) is 4.98 Å². The maximum atomic E-state index is 11.0. The van der Waals surface area contributed by atoms with Crippen LogP contribution in [-0.4, -0.2) is 24.0 Å². The molecule has 2 rings (SSSR count). The summed E-state index contributed by atoms with van der Waals surface area (Å²) in [5, 5.41) is 8.84. The summed E-state index contributed by atoms with van der Waals surface area (Å²) >= 11 is 0. The predicted octanol–water partition coefficient (Wildman–Crippen LogP) is 1.05. The number of rotatable bonds is 3. The van der Waals surface area contributed by atoms with Gasteiger partial charge in [-0.1, -0.05) is 6.07 Å². The first-order valence-electron chi connectivity index (χ1n) is 6.09. The molecule has 1 fully saturated rings. The molecule has 1 aromatic rings. The molecular formula is C13H16N4O. The lowest BCUT2D eigenvalue weighted by atomic mass is 9.94. The summed E-state index contributed by atoms with van der Waals surface area (Å²) in [4.78, 5) is 17.4. The van der Waals surface area contributed by atoms with Gasteiger partial charge in [-0.15, -0.1) is 0 Å². The monoisotopic (exact) mass is 244 g/mol. The number of nitrogens with two attached hydrogens (primary N) is 1. The van der Waals surface area contributed by atoms with Crippen LogP contribution in [-0.2, 0) is 4.79 Å². The number of anilines is 1. The highest BCUT2D eigenvalue weighted by atomic mass is 16.1. The molecule has 1 saturated heterocycles. The summed E-state index contributed by atoms with van der Waals surface area (Å²) in [5.74, 6) is 0.854. The minimum atomic E-state index is -0.249. The molecule has 0 saturated carbocycles. The highest BCUT2D eigenvalue weighted by Gasteiger charge is 2.22. The van der Waals surface area contributed by atoms with Crippen molar-refractivity contribution in [3.63, 3.8) is 0 Å². The van der Waals surface area contributed by atoms with Gasteiger partial charge in [0, 0.05) is 19.5 Å². The lowest BCUT2D eigenvalue weighted by Gasteiger charge is -2.33. The number of primary amides is 1. The van der Waals surface area contributed by atoms with E-state index in [4.69, 9.17) is 11.0 Å². The van der Waals surface area contributed by atoms with E-state index in [0.29, 0.717) is 18.0 Å². The number of aromatic nitrogens is 1. The van der Waals surface area contributed by atoms with E-state index in [0.717, 1.165) is 31.7 Å². The van der Waals surface area contributed by atoms with E-state index in [2.05, 4.69) is 9.88 Å². The van der Waals surface area contributed by atoms with Gasteiger partial charge in [0.05, 0.1) is 0 Å². The molecule has 0 radical (unpaired) electrons. The molecule has 1 aromatic heterocycles. The van der Waals surface area contributed by atoms with Crippen molar-refractivity contribution in [2.24, 2.45) is 11.7 Å². The fourth-order valence-electron chi connectivity index (χ4n) is 2.39. The molecular weight excluding hydrogens is 228 g/mol. The summed E-state index contributed by atoms with van der Waals surface area (Å²) in [6.07, 6.45) is 2.47. The van der Waals surface area contributed by atoms with Gasteiger partial charge in [0.1, 0.15) is 17.6 Å². The average Bonchev–Trinajstić information content (AvgIpc) is 2.38. The molecule has 2 heterocycles. The molecule has 2 N–H and O–H groups in total. The van der Waals surface area contributed by atoms with Crippen LogP contribution < -0.4 is 10.6 Å². The average molecular weight is 244 g/mol. The van der Waals surface area contributed by atoms with Crippen LogP contribution in [0, 0.1) is 17.2 Å².